The van der Waals surface area contributed by atoms with Gasteiger partial charge in [0, 0.05) is 43.3 Å². The Morgan fingerprint density at radius 3 is 2.38 bits per heavy atom. The molecule has 7 heteroatoms. The molecule has 144 valence electrons. The Labute approximate surface area is 166 Å². The van der Waals surface area contributed by atoms with Gasteiger partial charge in [-0.15, -0.1) is 0 Å². The fourth-order valence-electron chi connectivity index (χ4n) is 3.78. The molecule has 1 N–H and O–H groups in total. The summed E-state index contributed by atoms with van der Waals surface area (Å²) in [5.74, 6) is 0. The second kappa shape index (κ2) is 6.63. The van der Waals surface area contributed by atoms with Gasteiger partial charge in [-0.3, -0.25) is 9.69 Å². The third-order valence-corrected chi connectivity index (χ3v) is 5.33. The third kappa shape index (κ3) is 2.79. The molecule has 2 aromatic carbocycles. The van der Waals surface area contributed by atoms with E-state index in [9.17, 15) is 9.59 Å². The first-order chi connectivity index (χ1) is 14.1. The summed E-state index contributed by atoms with van der Waals surface area (Å²) < 4.78 is 1.92. The minimum Gasteiger partial charge on any atom is -0.326 e. The number of H-pyrrole nitrogens is 1. The number of aromatic nitrogens is 3. The van der Waals surface area contributed by atoms with E-state index >= 15 is 0 Å². The summed E-state index contributed by atoms with van der Waals surface area (Å²) >= 11 is 0. The average molecular weight is 385 g/mol. The first-order valence-corrected chi connectivity index (χ1v) is 9.41. The molecule has 1 saturated heterocycles. The molecular weight excluding hydrogens is 366 g/mol. The van der Waals surface area contributed by atoms with Gasteiger partial charge in [-0.05, 0) is 29.8 Å². The predicted molar refractivity (Wildman–Crippen MR) is 112 cm³/mol. The smallest absolute Gasteiger partial charge is 0.324 e. The summed E-state index contributed by atoms with van der Waals surface area (Å²) in [5.41, 5.74) is 3.91. The van der Waals surface area contributed by atoms with Crippen molar-refractivity contribution in [2.75, 3.05) is 25.0 Å². The summed E-state index contributed by atoms with van der Waals surface area (Å²) in [5, 5.41) is 0.543. The lowest BCUT2D eigenvalue weighted by atomic mass is 10.1. The third-order valence-electron chi connectivity index (χ3n) is 5.33. The molecule has 3 heterocycles. The molecule has 7 nitrogen and oxygen atoms in total. The Morgan fingerprint density at radius 2 is 1.69 bits per heavy atom. The van der Waals surface area contributed by atoms with E-state index in [1.807, 2.05) is 65.4 Å². The van der Waals surface area contributed by atoms with Crippen molar-refractivity contribution in [2.24, 2.45) is 0 Å². The summed E-state index contributed by atoms with van der Waals surface area (Å²) in [6.45, 7) is 1.39. The van der Waals surface area contributed by atoms with Gasteiger partial charge in [0.05, 0.1) is 11.7 Å². The molecule has 1 aliphatic rings. The number of nitrogens with one attached hydrogen (secondary N) is 1. The maximum atomic E-state index is 12.6. The van der Waals surface area contributed by atoms with Crippen LogP contribution >= 0.6 is 0 Å². The maximum Gasteiger partial charge on any atom is 0.324 e. The number of para-hydroxylation sites is 1. The number of urea groups is 1. The number of rotatable bonds is 3. The topological polar surface area (TPSA) is 74.2 Å². The molecule has 0 atom stereocenters. The van der Waals surface area contributed by atoms with Crippen molar-refractivity contribution >= 4 is 22.8 Å². The van der Waals surface area contributed by atoms with Crippen LogP contribution in [-0.2, 0) is 0 Å². The second-order valence-corrected chi connectivity index (χ2v) is 7.08. The Hall–Kier alpha value is -3.87. The van der Waals surface area contributed by atoms with Crippen LogP contribution in [-0.4, -0.2) is 45.6 Å². The van der Waals surface area contributed by atoms with Crippen LogP contribution in [0.1, 0.15) is 0 Å². The lowest BCUT2D eigenvalue weighted by molar-refractivity contribution is 0.229. The molecule has 0 bridgehead atoms. The molecule has 0 saturated carbocycles. The number of benzene rings is 2. The number of carbonyl (C=O) groups excluding carboxylic acids is 1. The maximum absolute atomic E-state index is 12.6. The SMILES string of the molecule is CN1CCN(c2ccc(-c3cn(-c4ccccc4)c4nc[nH]c(=O)c34)cc2)C1=O. The second-order valence-electron chi connectivity index (χ2n) is 7.08. The van der Waals surface area contributed by atoms with Crippen LogP contribution in [0.3, 0.4) is 0 Å². The van der Waals surface area contributed by atoms with Gasteiger partial charge < -0.3 is 14.5 Å². The Kier molecular flexibility index (Phi) is 3.94. The summed E-state index contributed by atoms with van der Waals surface area (Å²) in [6, 6.07) is 17.5. The number of hydrogen-bond donors (Lipinski definition) is 1. The number of likely N-dealkylation sites (N-methyl/N-ethyl adjacent to an activating group) is 1. The highest BCUT2D eigenvalue weighted by Gasteiger charge is 2.26. The Bertz CT molecular complexity index is 1260. The molecule has 0 aliphatic carbocycles. The first-order valence-electron chi connectivity index (χ1n) is 9.41. The largest absolute Gasteiger partial charge is 0.326 e. The quantitative estimate of drug-likeness (QED) is 0.588. The van der Waals surface area contributed by atoms with Gasteiger partial charge in [0.25, 0.3) is 5.56 Å². The van der Waals surface area contributed by atoms with E-state index in [4.69, 9.17) is 0 Å². The first kappa shape index (κ1) is 17.2. The van der Waals surface area contributed by atoms with Crippen LogP contribution in [0.15, 0.2) is 71.9 Å². The van der Waals surface area contributed by atoms with Crippen molar-refractivity contribution in [3.63, 3.8) is 0 Å². The molecule has 0 spiro atoms. The van der Waals surface area contributed by atoms with Crippen LogP contribution in [0.4, 0.5) is 10.5 Å². The van der Waals surface area contributed by atoms with Gasteiger partial charge in [-0.25, -0.2) is 9.78 Å². The zero-order valence-electron chi connectivity index (χ0n) is 15.9. The van der Waals surface area contributed by atoms with Gasteiger partial charge >= 0.3 is 6.03 Å². The standard InChI is InChI=1S/C22H19N5O2/c1-25-11-12-26(22(25)29)17-9-7-15(8-10-17)18-13-27(16-5-3-2-4-6-16)20-19(18)21(28)24-14-23-20/h2-10,13-14H,11-12H2,1H3,(H,23,24,28). The number of carbonyl (C=O) groups is 1. The van der Waals surface area contributed by atoms with Crippen molar-refractivity contribution in [2.45, 2.75) is 0 Å². The Morgan fingerprint density at radius 1 is 0.931 bits per heavy atom. The highest BCUT2D eigenvalue weighted by atomic mass is 16.2. The number of nitrogens with zero attached hydrogens (tertiary/aromatic N) is 4. The van der Waals surface area contributed by atoms with Crippen molar-refractivity contribution in [3.8, 4) is 16.8 Å². The highest BCUT2D eigenvalue weighted by Crippen LogP contribution is 2.31. The van der Waals surface area contributed by atoms with Crippen molar-refractivity contribution in [3.05, 3.63) is 77.5 Å². The van der Waals surface area contributed by atoms with E-state index in [1.165, 1.54) is 6.33 Å². The van der Waals surface area contributed by atoms with Crippen LogP contribution in [0, 0.1) is 0 Å². The summed E-state index contributed by atoms with van der Waals surface area (Å²) in [7, 11) is 1.80. The minimum atomic E-state index is -0.180. The van der Waals surface area contributed by atoms with Crippen molar-refractivity contribution in [1.29, 1.82) is 0 Å². The number of amides is 2. The van der Waals surface area contributed by atoms with Gasteiger partial charge in [-0.2, -0.15) is 0 Å². The van der Waals surface area contributed by atoms with E-state index < -0.39 is 0 Å². The molecule has 29 heavy (non-hydrogen) atoms. The molecule has 0 unspecified atom stereocenters. The van der Waals surface area contributed by atoms with Crippen molar-refractivity contribution < 1.29 is 4.79 Å². The average Bonchev–Trinajstić information content (AvgIpc) is 3.31. The molecule has 0 radical (unpaired) electrons. The lowest BCUT2D eigenvalue weighted by Gasteiger charge is -2.16. The van der Waals surface area contributed by atoms with Crippen LogP contribution < -0.4 is 10.5 Å². The lowest BCUT2D eigenvalue weighted by Crippen LogP contribution is -2.29. The number of aromatic amines is 1. The zero-order valence-corrected chi connectivity index (χ0v) is 15.9. The fraction of sp³-hybridized carbons (Fsp3) is 0.136. The minimum absolute atomic E-state index is 0.000857. The molecular formula is C22H19N5O2. The number of hydrogen-bond acceptors (Lipinski definition) is 3. The van der Waals surface area contributed by atoms with Gasteiger partial charge in [-0.1, -0.05) is 30.3 Å². The van der Waals surface area contributed by atoms with Gasteiger partial charge in [0.2, 0.25) is 0 Å². The van der Waals surface area contributed by atoms with E-state index in [-0.39, 0.29) is 11.6 Å². The van der Waals surface area contributed by atoms with Gasteiger partial charge in [0.15, 0.2) is 5.65 Å². The fourth-order valence-corrected chi connectivity index (χ4v) is 3.78. The molecule has 5 rings (SSSR count). The van der Waals surface area contributed by atoms with Crippen LogP contribution in [0.5, 0.6) is 0 Å². The van der Waals surface area contributed by atoms with E-state index in [1.54, 1.807) is 16.8 Å². The normalized spacial score (nSPS) is 14.2. The van der Waals surface area contributed by atoms with Crippen molar-refractivity contribution in [1.82, 2.24) is 19.4 Å². The van der Waals surface area contributed by atoms with E-state index in [0.29, 0.717) is 24.1 Å². The highest BCUT2D eigenvalue weighted by molar-refractivity contribution is 5.96. The zero-order chi connectivity index (χ0) is 20.0. The summed E-state index contributed by atoms with van der Waals surface area (Å²) in [6.07, 6.45) is 3.36. The number of fused-ring (bicyclic) bond motifs is 1. The van der Waals surface area contributed by atoms with E-state index in [0.717, 1.165) is 22.5 Å². The molecule has 1 aliphatic heterocycles. The van der Waals surface area contributed by atoms with Gasteiger partial charge in [0.1, 0.15) is 0 Å². The molecule has 2 aromatic heterocycles. The monoisotopic (exact) mass is 385 g/mol. The van der Waals surface area contributed by atoms with E-state index in [2.05, 4.69) is 9.97 Å². The molecule has 4 aromatic rings. The molecule has 2 amide bonds. The Balaban J connectivity index is 1.62. The van der Waals surface area contributed by atoms with Crippen LogP contribution in [0.25, 0.3) is 27.8 Å². The number of anilines is 1. The van der Waals surface area contributed by atoms with Crippen LogP contribution in [0.2, 0.25) is 0 Å². The molecule has 1 fully saturated rings. The predicted octanol–water partition coefficient (Wildman–Crippen LogP) is 3.25. The summed E-state index contributed by atoms with van der Waals surface area (Å²) in [4.78, 5) is 35.4.